The van der Waals surface area contributed by atoms with Gasteiger partial charge in [0.25, 0.3) is 0 Å². The SMILES string of the molecule is CCC(CC)(CO)CNCC1COc2ccccc2O1. The fourth-order valence-electron chi connectivity index (χ4n) is 2.44. The molecule has 1 aromatic rings. The van der Waals surface area contributed by atoms with E-state index in [0.717, 1.165) is 37.4 Å². The molecule has 0 aliphatic carbocycles. The van der Waals surface area contributed by atoms with Crippen molar-refractivity contribution in [2.75, 3.05) is 26.3 Å². The number of fused-ring (bicyclic) bond motifs is 1. The van der Waals surface area contributed by atoms with Crippen LogP contribution in [0.5, 0.6) is 11.5 Å². The first-order chi connectivity index (χ1) is 9.73. The second-order valence-electron chi connectivity index (χ2n) is 5.49. The quantitative estimate of drug-likeness (QED) is 0.803. The first-order valence-electron chi connectivity index (χ1n) is 7.43. The average Bonchev–Trinajstić information content (AvgIpc) is 2.52. The third-order valence-electron chi connectivity index (χ3n) is 4.27. The Hall–Kier alpha value is -1.26. The summed E-state index contributed by atoms with van der Waals surface area (Å²) in [4.78, 5) is 0. The number of hydrogen-bond donors (Lipinski definition) is 2. The van der Waals surface area contributed by atoms with E-state index in [0.29, 0.717) is 6.61 Å². The Balaban J connectivity index is 1.81. The predicted octanol–water partition coefficient (Wildman–Crippen LogP) is 2.21. The van der Waals surface area contributed by atoms with Gasteiger partial charge in [0, 0.05) is 25.1 Å². The van der Waals surface area contributed by atoms with Crippen LogP contribution in [-0.2, 0) is 0 Å². The molecule has 20 heavy (non-hydrogen) atoms. The van der Waals surface area contributed by atoms with Gasteiger partial charge in [0.15, 0.2) is 11.5 Å². The summed E-state index contributed by atoms with van der Waals surface area (Å²) >= 11 is 0. The van der Waals surface area contributed by atoms with E-state index in [1.165, 1.54) is 0 Å². The van der Waals surface area contributed by atoms with E-state index in [1.807, 2.05) is 24.3 Å². The third kappa shape index (κ3) is 3.44. The van der Waals surface area contributed by atoms with Crippen molar-refractivity contribution in [1.29, 1.82) is 0 Å². The van der Waals surface area contributed by atoms with Crippen molar-refractivity contribution >= 4 is 0 Å². The highest BCUT2D eigenvalue weighted by Crippen LogP contribution is 2.30. The number of para-hydroxylation sites is 2. The van der Waals surface area contributed by atoms with Crippen molar-refractivity contribution < 1.29 is 14.6 Å². The second-order valence-corrected chi connectivity index (χ2v) is 5.49. The molecule has 1 unspecified atom stereocenters. The number of rotatable bonds is 7. The normalized spacial score (nSPS) is 18.1. The zero-order valence-corrected chi connectivity index (χ0v) is 12.4. The maximum absolute atomic E-state index is 9.55. The standard InChI is InChI=1S/C16H25NO3/c1-3-16(4-2,12-18)11-17-9-13-10-19-14-7-5-6-8-15(14)20-13/h5-8,13,17-18H,3-4,9-12H2,1-2H3. The minimum Gasteiger partial charge on any atom is -0.486 e. The van der Waals surface area contributed by atoms with Gasteiger partial charge in [-0.05, 0) is 25.0 Å². The maximum atomic E-state index is 9.55. The topological polar surface area (TPSA) is 50.7 Å². The third-order valence-corrected chi connectivity index (χ3v) is 4.27. The molecule has 1 atom stereocenters. The van der Waals surface area contributed by atoms with Crippen LogP contribution in [0.2, 0.25) is 0 Å². The molecule has 1 heterocycles. The number of aliphatic hydroxyl groups is 1. The van der Waals surface area contributed by atoms with Crippen LogP contribution in [-0.4, -0.2) is 37.5 Å². The van der Waals surface area contributed by atoms with E-state index in [4.69, 9.17) is 9.47 Å². The van der Waals surface area contributed by atoms with Crippen LogP contribution in [0.1, 0.15) is 26.7 Å². The summed E-state index contributed by atoms with van der Waals surface area (Å²) in [6.45, 7) is 6.57. The molecular weight excluding hydrogens is 254 g/mol. The Morgan fingerprint density at radius 3 is 2.60 bits per heavy atom. The van der Waals surface area contributed by atoms with E-state index in [-0.39, 0.29) is 18.1 Å². The summed E-state index contributed by atoms with van der Waals surface area (Å²) in [7, 11) is 0. The number of ether oxygens (including phenoxy) is 2. The highest BCUT2D eigenvalue weighted by atomic mass is 16.6. The minimum absolute atomic E-state index is 0.0204. The van der Waals surface area contributed by atoms with Crippen LogP contribution in [0.4, 0.5) is 0 Å². The zero-order chi connectivity index (χ0) is 14.4. The molecule has 0 aromatic heterocycles. The molecule has 0 fully saturated rings. The van der Waals surface area contributed by atoms with Gasteiger partial charge >= 0.3 is 0 Å². The Bertz CT molecular complexity index is 410. The van der Waals surface area contributed by atoms with Crippen LogP contribution >= 0.6 is 0 Å². The lowest BCUT2D eigenvalue weighted by atomic mass is 9.83. The molecule has 0 saturated heterocycles. The van der Waals surface area contributed by atoms with E-state index < -0.39 is 0 Å². The van der Waals surface area contributed by atoms with Crippen LogP contribution in [0.15, 0.2) is 24.3 Å². The first kappa shape index (κ1) is 15.1. The molecule has 1 aliphatic heterocycles. The lowest BCUT2D eigenvalue weighted by Gasteiger charge is -2.31. The van der Waals surface area contributed by atoms with E-state index in [2.05, 4.69) is 19.2 Å². The molecule has 1 aliphatic rings. The molecule has 0 saturated carbocycles. The Kier molecular flexibility index (Phi) is 5.26. The summed E-state index contributed by atoms with van der Waals surface area (Å²) in [5.74, 6) is 1.63. The molecule has 1 aromatic carbocycles. The molecule has 2 N–H and O–H groups in total. The summed E-state index contributed by atoms with van der Waals surface area (Å²) in [5.41, 5.74) is -0.0204. The van der Waals surface area contributed by atoms with Crippen molar-refractivity contribution in [2.45, 2.75) is 32.8 Å². The van der Waals surface area contributed by atoms with Gasteiger partial charge in [-0.1, -0.05) is 26.0 Å². The molecule has 4 nitrogen and oxygen atoms in total. The minimum atomic E-state index is -0.0204. The monoisotopic (exact) mass is 279 g/mol. The highest BCUT2D eigenvalue weighted by molar-refractivity contribution is 5.40. The predicted molar refractivity (Wildman–Crippen MR) is 79.3 cm³/mol. The molecule has 4 heteroatoms. The van der Waals surface area contributed by atoms with Gasteiger partial charge in [0.1, 0.15) is 12.7 Å². The fourth-order valence-corrected chi connectivity index (χ4v) is 2.44. The van der Waals surface area contributed by atoms with Crippen LogP contribution < -0.4 is 14.8 Å². The maximum Gasteiger partial charge on any atom is 0.161 e. The smallest absolute Gasteiger partial charge is 0.161 e. The van der Waals surface area contributed by atoms with Crippen molar-refractivity contribution in [3.63, 3.8) is 0 Å². The second kappa shape index (κ2) is 6.95. The summed E-state index contributed by atoms with van der Waals surface area (Å²) in [5, 5.41) is 13.0. The van der Waals surface area contributed by atoms with Gasteiger partial charge in [-0.25, -0.2) is 0 Å². The highest BCUT2D eigenvalue weighted by Gasteiger charge is 2.26. The van der Waals surface area contributed by atoms with Crippen LogP contribution in [0, 0.1) is 5.41 Å². The summed E-state index contributed by atoms with van der Waals surface area (Å²) in [6, 6.07) is 7.74. The Morgan fingerprint density at radius 2 is 1.95 bits per heavy atom. The number of aliphatic hydroxyl groups excluding tert-OH is 1. The fraction of sp³-hybridized carbons (Fsp3) is 0.625. The van der Waals surface area contributed by atoms with E-state index >= 15 is 0 Å². The zero-order valence-electron chi connectivity index (χ0n) is 12.4. The lowest BCUT2D eigenvalue weighted by Crippen LogP contribution is -2.43. The average molecular weight is 279 g/mol. The van der Waals surface area contributed by atoms with Crippen molar-refractivity contribution in [1.82, 2.24) is 5.32 Å². The summed E-state index contributed by atoms with van der Waals surface area (Å²) in [6.07, 6.45) is 1.96. The first-order valence-corrected chi connectivity index (χ1v) is 7.43. The van der Waals surface area contributed by atoms with Gasteiger partial charge < -0.3 is 19.9 Å². The van der Waals surface area contributed by atoms with Gasteiger partial charge in [-0.3, -0.25) is 0 Å². The Morgan fingerprint density at radius 1 is 1.25 bits per heavy atom. The largest absolute Gasteiger partial charge is 0.486 e. The Labute approximate surface area is 121 Å². The molecular formula is C16H25NO3. The lowest BCUT2D eigenvalue weighted by molar-refractivity contribution is 0.0776. The molecule has 2 rings (SSSR count). The number of nitrogens with one attached hydrogen (secondary N) is 1. The molecule has 112 valence electrons. The van der Waals surface area contributed by atoms with Gasteiger partial charge in [0.05, 0.1) is 0 Å². The van der Waals surface area contributed by atoms with Gasteiger partial charge in [-0.2, -0.15) is 0 Å². The van der Waals surface area contributed by atoms with Crippen molar-refractivity contribution in [3.8, 4) is 11.5 Å². The van der Waals surface area contributed by atoms with Crippen molar-refractivity contribution in [2.24, 2.45) is 5.41 Å². The number of benzene rings is 1. The van der Waals surface area contributed by atoms with E-state index in [9.17, 15) is 5.11 Å². The van der Waals surface area contributed by atoms with Crippen LogP contribution in [0.3, 0.4) is 0 Å². The molecule has 0 bridgehead atoms. The molecule has 0 spiro atoms. The molecule has 0 amide bonds. The van der Waals surface area contributed by atoms with Crippen molar-refractivity contribution in [3.05, 3.63) is 24.3 Å². The van der Waals surface area contributed by atoms with Gasteiger partial charge in [0.2, 0.25) is 0 Å². The molecule has 0 radical (unpaired) electrons. The summed E-state index contributed by atoms with van der Waals surface area (Å²) < 4.78 is 11.6. The number of hydrogen-bond acceptors (Lipinski definition) is 4. The van der Waals surface area contributed by atoms with E-state index in [1.54, 1.807) is 0 Å². The van der Waals surface area contributed by atoms with Gasteiger partial charge in [-0.15, -0.1) is 0 Å². The van der Waals surface area contributed by atoms with Crippen LogP contribution in [0.25, 0.3) is 0 Å².